The Morgan fingerprint density at radius 2 is 1.98 bits per heavy atom. The Labute approximate surface area is 260 Å². The SMILES string of the molecule is C=C(O)C(F)(F)F.CNCc1nc2c(F)c3c(cc2[nH]1)CC(CN1CCC2(CC1)CN(c1cnc4c(n1)NC(=O)CO4)C(=O)O2)C3. The highest BCUT2D eigenvalue weighted by Gasteiger charge is 2.48. The first kappa shape index (κ1) is 31.5. The number of nitrogens with zero attached hydrogens (tertiary/aromatic N) is 5. The van der Waals surface area contributed by atoms with Crippen LogP contribution in [-0.2, 0) is 28.9 Å². The number of hydrogen-bond donors (Lipinski definition) is 4. The minimum atomic E-state index is -4.64. The van der Waals surface area contributed by atoms with Crippen molar-refractivity contribution in [1.82, 2.24) is 30.2 Å². The van der Waals surface area contributed by atoms with E-state index in [0.29, 0.717) is 49.6 Å². The van der Waals surface area contributed by atoms with Crippen LogP contribution in [-0.4, -0.2) is 93.6 Å². The number of fused-ring (bicyclic) bond motifs is 3. The Bertz CT molecular complexity index is 1690. The molecule has 1 spiro atoms. The second-order valence-corrected chi connectivity index (χ2v) is 11.8. The van der Waals surface area contributed by atoms with Gasteiger partial charge in [0.2, 0.25) is 0 Å². The number of amides is 2. The number of carbonyl (C=O) groups excluding carboxylic acids is 2. The number of hydrogen-bond acceptors (Lipinski definition) is 10. The maximum atomic E-state index is 15.3. The Hall–Kier alpha value is -4.51. The lowest BCUT2D eigenvalue weighted by Crippen LogP contribution is -2.48. The van der Waals surface area contributed by atoms with Gasteiger partial charge in [0.25, 0.3) is 11.8 Å². The van der Waals surface area contributed by atoms with E-state index in [4.69, 9.17) is 14.6 Å². The van der Waals surface area contributed by atoms with Gasteiger partial charge in [-0.25, -0.2) is 24.1 Å². The van der Waals surface area contributed by atoms with E-state index in [9.17, 15) is 22.8 Å². The van der Waals surface area contributed by atoms with Gasteiger partial charge in [0.05, 0.1) is 24.8 Å². The Morgan fingerprint density at radius 1 is 1.24 bits per heavy atom. The number of benzene rings is 1. The van der Waals surface area contributed by atoms with E-state index >= 15 is 4.39 Å². The zero-order valence-electron chi connectivity index (χ0n) is 24.8. The lowest BCUT2D eigenvalue weighted by molar-refractivity contribution is -0.120. The van der Waals surface area contributed by atoms with E-state index in [2.05, 4.69) is 48.1 Å². The molecule has 13 nitrogen and oxygen atoms in total. The predicted octanol–water partition coefficient (Wildman–Crippen LogP) is 3.37. The van der Waals surface area contributed by atoms with Gasteiger partial charge in [0.1, 0.15) is 16.9 Å². The molecule has 0 radical (unpaired) electrons. The molecule has 1 unspecified atom stereocenters. The fourth-order valence-electron chi connectivity index (χ4n) is 6.27. The number of aliphatic hydroxyl groups excluding tert-OH is 1. The van der Waals surface area contributed by atoms with E-state index in [1.807, 2.05) is 7.05 Å². The van der Waals surface area contributed by atoms with Gasteiger partial charge >= 0.3 is 12.3 Å². The van der Waals surface area contributed by atoms with Crippen LogP contribution in [0.2, 0.25) is 0 Å². The van der Waals surface area contributed by atoms with E-state index < -0.39 is 23.6 Å². The number of anilines is 2. The number of aromatic amines is 1. The highest BCUT2D eigenvalue weighted by Crippen LogP contribution is 2.38. The number of halogens is 4. The van der Waals surface area contributed by atoms with Gasteiger partial charge < -0.3 is 35.1 Å². The molecule has 2 amide bonds. The molecule has 3 aliphatic heterocycles. The average Bonchev–Trinajstić information content (AvgIpc) is 3.69. The lowest BCUT2D eigenvalue weighted by Gasteiger charge is -2.38. The van der Waals surface area contributed by atoms with Gasteiger partial charge in [-0.2, -0.15) is 13.2 Å². The van der Waals surface area contributed by atoms with Crippen LogP contribution in [0.1, 0.15) is 29.8 Å². The van der Waals surface area contributed by atoms with E-state index in [0.717, 1.165) is 48.5 Å². The standard InChI is InChI=1S/C26H29FN8O4.C3H3F3O/c1-28-9-18-30-17-8-15-6-14(7-16(15)21(27)22(17)31-18)11-34-4-2-26(3-5-34)13-35(25(37)39-26)19-10-29-24-23(32-19)33-20(36)12-38-24;1-2(7)3(4,5)6/h8,10,14,28H,2-7,9,11-13H2,1H3,(H,30,31)(H,32,33,36);7H,1H2. The number of aromatic nitrogens is 4. The summed E-state index contributed by atoms with van der Waals surface area (Å²) in [6, 6.07) is 2.05. The van der Waals surface area contributed by atoms with Gasteiger partial charge in [0, 0.05) is 32.5 Å². The summed E-state index contributed by atoms with van der Waals surface area (Å²) in [4.78, 5) is 44.5. The summed E-state index contributed by atoms with van der Waals surface area (Å²) in [5.41, 5.74) is 2.43. The number of nitrogens with one attached hydrogen (secondary N) is 3. The van der Waals surface area contributed by atoms with Crippen molar-refractivity contribution in [2.24, 2.45) is 5.92 Å². The van der Waals surface area contributed by atoms with E-state index in [1.54, 1.807) is 0 Å². The molecule has 0 bridgehead atoms. The van der Waals surface area contributed by atoms with E-state index in [1.165, 1.54) is 11.1 Å². The number of alkyl halides is 3. The number of likely N-dealkylation sites (tertiary alicyclic amines) is 1. The zero-order chi connectivity index (χ0) is 32.8. The first-order valence-electron chi connectivity index (χ1n) is 14.6. The third kappa shape index (κ3) is 6.28. The van der Waals surface area contributed by atoms with Crippen LogP contribution in [0, 0.1) is 11.7 Å². The highest BCUT2D eigenvalue weighted by molar-refractivity contribution is 5.94. The molecular weight excluding hydrogens is 616 g/mol. The quantitative estimate of drug-likeness (QED) is 0.239. The van der Waals surface area contributed by atoms with Crippen molar-refractivity contribution in [1.29, 1.82) is 0 Å². The third-order valence-electron chi connectivity index (χ3n) is 8.49. The smallest absolute Gasteiger partial charge is 0.448 e. The Morgan fingerprint density at radius 3 is 2.67 bits per heavy atom. The van der Waals surface area contributed by atoms with Crippen molar-refractivity contribution < 1.29 is 41.7 Å². The predicted molar refractivity (Wildman–Crippen MR) is 156 cm³/mol. The number of allylic oxidation sites excluding steroid dienone is 1. The first-order valence-corrected chi connectivity index (χ1v) is 14.6. The molecule has 1 atom stereocenters. The van der Waals surface area contributed by atoms with Crippen LogP contribution in [0.15, 0.2) is 24.6 Å². The zero-order valence-corrected chi connectivity index (χ0v) is 24.8. The Kier molecular flexibility index (Phi) is 8.22. The average molecular weight is 649 g/mol. The van der Waals surface area contributed by atoms with E-state index in [-0.39, 0.29) is 30.0 Å². The number of carbonyl (C=O) groups is 2. The summed E-state index contributed by atoms with van der Waals surface area (Å²) in [7, 11) is 1.84. The molecular formula is C29H32F4N8O5. The highest BCUT2D eigenvalue weighted by atomic mass is 19.4. The van der Waals surface area contributed by atoms with Crippen molar-refractivity contribution in [3.05, 3.63) is 47.4 Å². The molecule has 0 saturated carbocycles. The fourth-order valence-corrected chi connectivity index (χ4v) is 6.27. The molecule has 2 fully saturated rings. The maximum absolute atomic E-state index is 15.3. The van der Waals surface area contributed by atoms with Crippen LogP contribution in [0.4, 0.5) is 34.0 Å². The molecule has 2 aromatic heterocycles. The van der Waals surface area contributed by atoms with Gasteiger partial charge in [-0.1, -0.05) is 6.58 Å². The number of piperidine rings is 1. The van der Waals surface area contributed by atoms with Crippen LogP contribution >= 0.6 is 0 Å². The summed E-state index contributed by atoms with van der Waals surface area (Å²) in [6.45, 7) is 5.52. The summed E-state index contributed by atoms with van der Waals surface area (Å²) in [6.07, 6.45) is -0.715. The maximum Gasteiger partial charge on any atom is 0.448 e. The summed E-state index contributed by atoms with van der Waals surface area (Å²) in [5.74, 6) is -0.455. The molecule has 1 aliphatic carbocycles. The number of ether oxygens (including phenoxy) is 2. The fraction of sp³-hybridized carbons (Fsp3) is 0.483. The molecule has 7 rings (SSSR count). The molecule has 3 aromatic rings. The van der Waals surface area contributed by atoms with Gasteiger partial charge in [-0.05, 0) is 43.0 Å². The number of rotatable bonds is 5. The molecule has 5 heterocycles. The van der Waals surface area contributed by atoms with Gasteiger partial charge in [-0.15, -0.1) is 0 Å². The van der Waals surface area contributed by atoms with Crippen molar-refractivity contribution in [2.75, 3.05) is 50.1 Å². The van der Waals surface area contributed by atoms with Crippen molar-refractivity contribution in [3.8, 4) is 5.88 Å². The molecule has 4 N–H and O–H groups in total. The summed E-state index contributed by atoms with van der Waals surface area (Å²) in [5, 5.41) is 13.2. The van der Waals surface area contributed by atoms with Crippen molar-refractivity contribution in [2.45, 2.75) is 44.0 Å². The largest absolute Gasteiger partial charge is 0.505 e. The van der Waals surface area contributed by atoms with Gasteiger partial charge in [0.15, 0.2) is 29.8 Å². The van der Waals surface area contributed by atoms with Crippen LogP contribution in [0.5, 0.6) is 5.88 Å². The third-order valence-corrected chi connectivity index (χ3v) is 8.49. The first-order chi connectivity index (χ1) is 21.8. The van der Waals surface area contributed by atoms with Crippen LogP contribution in [0.3, 0.4) is 0 Å². The molecule has 46 heavy (non-hydrogen) atoms. The van der Waals surface area contributed by atoms with Crippen molar-refractivity contribution >= 4 is 34.7 Å². The Balaban J connectivity index is 0.000000480. The minimum Gasteiger partial charge on any atom is -0.505 e. The number of imidazole rings is 1. The summed E-state index contributed by atoms with van der Waals surface area (Å²) >= 11 is 0. The summed E-state index contributed by atoms with van der Waals surface area (Å²) < 4.78 is 58.9. The van der Waals surface area contributed by atoms with Crippen LogP contribution < -0.4 is 20.3 Å². The van der Waals surface area contributed by atoms with Gasteiger partial charge in [-0.3, -0.25) is 9.69 Å². The molecule has 17 heteroatoms. The number of H-pyrrole nitrogens is 1. The number of aliphatic hydroxyl groups is 1. The minimum absolute atomic E-state index is 0.111. The lowest BCUT2D eigenvalue weighted by atomic mass is 9.90. The molecule has 1 aromatic carbocycles. The second kappa shape index (κ2) is 12.0. The molecule has 246 valence electrons. The normalized spacial score (nSPS) is 20.5. The topological polar surface area (TPSA) is 158 Å². The van der Waals surface area contributed by atoms with Crippen LogP contribution in [0.25, 0.3) is 11.0 Å². The van der Waals surface area contributed by atoms with Crippen molar-refractivity contribution in [3.63, 3.8) is 0 Å². The second-order valence-electron chi connectivity index (χ2n) is 11.8. The monoisotopic (exact) mass is 648 g/mol. The molecule has 2 saturated heterocycles. The molecule has 4 aliphatic rings.